The van der Waals surface area contributed by atoms with Gasteiger partial charge in [-0.3, -0.25) is 4.79 Å². The quantitative estimate of drug-likeness (QED) is 0.562. The Balaban J connectivity index is 2.31. The van der Waals surface area contributed by atoms with Gasteiger partial charge < -0.3 is 9.84 Å². The first-order valence-corrected chi connectivity index (χ1v) is 3.11. The molecular weight excluding hydrogens is 120 g/mol. The summed E-state index contributed by atoms with van der Waals surface area (Å²) in [6.45, 7) is 1.12. The van der Waals surface area contributed by atoms with E-state index in [-0.39, 0.29) is 5.92 Å². The Morgan fingerprint density at radius 3 is 2.78 bits per heavy atom. The molecule has 0 aromatic heterocycles. The van der Waals surface area contributed by atoms with E-state index in [0.29, 0.717) is 6.61 Å². The molecule has 1 atom stereocenters. The minimum atomic E-state index is -0.727. The van der Waals surface area contributed by atoms with Gasteiger partial charge in [-0.25, -0.2) is 0 Å². The van der Waals surface area contributed by atoms with Crippen molar-refractivity contribution in [3.8, 4) is 0 Å². The summed E-state index contributed by atoms with van der Waals surface area (Å²) < 4.78 is 4.96. The fourth-order valence-electron chi connectivity index (χ4n) is 0.935. The molecule has 1 aliphatic rings. The molecule has 52 valence electrons. The van der Waals surface area contributed by atoms with Crippen LogP contribution in [0.25, 0.3) is 0 Å². The fraction of sp³-hybridized carbons (Fsp3) is 0.833. The highest BCUT2D eigenvalue weighted by atomic mass is 16.5. The van der Waals surface area contributed by atoms with Crippen molar-refractivity contribution in [2.45, 2.75) is 12.8 Å². The molecule has 0 unspecified atom stereocenters. The molecule has 0 aliphatic carbocycles. The van der Waals surface area contributed by atoms with Gasteiger partial charge in [-0.05, 0) is 12.8 Å². The molecule has 0 spiro atoms. The van der Waals surface area contributed by atoms with E-state index in [9.17, 15) is 4.79 Å². The van der Waals surface area contributed by atoms with Gasteiger partial charge in [0.2, 0.25) is 0 Å². The second kappa shape index (κ2) is 2.82. The highest BCUT2D eigenvalue weighted by Gasteiger charge is 2.20. The van der Waals surface area contributed by atoms with Crippen LogP contribution < -0.4 is 0 Å². The van der Waals surface area contributed by atoms with Crippen LogP contribution in [-0.4, -0.2) is 24.3 Å². The maximum Gasteiger partial charge on any atom is 0.308 e. The van der Waals surface area contributed by atoms with Crippen molar-refractivity contribution in [2.75, 3.05) is 13.2 Å². The second-order valence-corrected chi connectivity index (χ2v) is 2.25. The molecule has 0 saturated carbocycles. The number of rotatable bonds is 1. The van der Waals surface area contributed by atoms with Crippen LogP contribution in [0.5, 0.6) is 0 Å². The number of carboxylic acid groups (broad SMARTS) is 1. The Hall–Kier alpha value is -0.570. The molecule has 3 nitrogen and oxygen atoms in total. The molecule has 1 saturated heterocycles. The van der Waals surface area contributed by atoms with E-state index in [4.69, 9.17) is 9.84 Å². The maximum atomic E-state index is 10.3. The Morgan fingerprint density at radius 2 is 2.44 bits per heavy atom. The number of ether oxygens (including phenoxy) is 1. The van der Waals surface area contributed by atoms with Gasteiger partial charge in [-0.2, -0.15) is 0 Å². The normalized spacial score (nSPS) is 27.8. The monoisotopic (exact) mass is 130 g/mol. The summed E-state index contributed by atoms with van der Waals surface area (Å²) in [5, 5.41) is 8.46. The van der Waals surface area contributed by atoms with Crippen LogP contribution in [0.4, 0.5) is 0 Å². The molecule has 3 heteroatoms. The van der Waals surface area contributed by atoms with Gasteiger partial charge >= 0.3 is 5.97 Å². The summed E-state index contributed by atoms with van der Waals surface area (Å²) >= 11 is 0. The number of carboxylic acids is 1. The van der Waals surface area contributed by atoms with Crippen LogP contribution in [0.3, 0.4) is 0 Å². The van der Waals surface area contributed by atoms with Crippen molar-refractivity contribution in [3.05, 3.63) is 0 Å². The van der Waals surface area contributed by atoms with Crippen LogP contribution >= 0.6 is 0 Å². The molecule has 0 radical (unpaired) electrons. The first-order chi connectivity index (χ1) is 4.30. The van der Waals surface area contributed by atoms with Crippen molar-refractivity contribution >= 4 is 5.97 Å². The zero-order valence-corrected chi connectivity index (χ0v) is 5.17. The van der Waals surface area contributed by atoms with Crippen molar-refractivity contribution < 1.29 is 14.6 Å². The average Bonchev–Trinajstić information content (AvgIpc) is 1.90. The molecule has 0 aromatic rings. The Kier molecular flexibility index (Phi) is 2.05. The lowest BCUT2D eigenvalue weighted by molar-refractivity contribution is -0.145. The third-order valence-electron chi connectivity index (χ3n) is 1.51. The number of hydrogen-bond donors (Lipinski definition) is 1. The first kappa shape index (κ1) is 6.55. The van der Waals surface area contributed by atoms with E-state index >= 15 is 0 Å². The van der Waals surface area contributed by atoms with Crippen LogP contribution in [0.2, 0.25) is 0 Å². The van der Waals surface area contributed by atoms with Gasteiger partial charge in [0, 0.05) is 6.61 Å². The topological polar surface area (TPSA) is 46.5 Å². The van der Waals surface area contributed by atoms with Crippen LogP contribution in [0.1, 0.15) is 12.8 Å². The van der Waals surface area contributed by atoms with E-state index in [2.05, 4.69) is 0 Å². The highest BCUT2D eigenvalue weighted by molar-refractivity contribution is 5.70. The Morgan fingerprint density at radius 1 is 1.67 bits per heavy atom. The molecule has 1 N–H and O–H groups in total. The van der Waals surface area contributed by atoms with E-state index in [1.165, 1.54) is 0 Å². The lowest BCUT2D eigenvalue weighted by Gasteiger charge is -2.17. The van der Waals surface area contributed by atoms with Crippen molar-refractivity contribution in [2.24, 2.45) is 5.92 Å². The predicted molar refractivity (Wildman–Crippen MR) is 31.2 cm³/mol. The maximum absolute atomic E-state index is 10.3. The third-order valence-corrected chi connectivity index (χ3v) is 1.51. The number of carbonyl (C=O) groups is 1. The van der Waals surface area contributed by atoms with Gasteiger partial charge in [-0.15, -0.1) is 0 Å². The highest BCUT2D eigenvalue weighted by Crippen LogP contribution is 2.12. The van der Waals surface area contributed by atoms with Crippen molar-refractivity contribution in [3.63, 3.8) is 0 Å². The molecule has 1 fully saturated rings. The van der Waals surface area contributed by atoms with Crippen LogP contribution in [0, 0.1) is 5.92 Å². The SMILES string of the molecule is O=C(O)[C@@H]1CCCOC1. The summed E-state index contributed by atoms with van der Waals surface area (Å²) in [5.41, 5.74) is 0. The summed E-state index contributed by atoms with van der Waals surface area (Å²) in [6.07, 6.45) is 1.66. The number of aliphatic carboxylic acids is 1. The molecule has 0 amide bonds. The van der Waals surface area contributed by atoms with Gasteiger partial charge in [0.05, 0.1) is 12.5 Å². The fourth-order valence-corrected chi connectivity index (χ4v) is 0.935. The van der Waals surface area contributed by atoms with E-state index in [0.717, 1.165) is 19.4 Å². The summed E-state index contributed by atoms with van der Waals surface area (Å²) in [5.74, 6) is -0.978. The molecule has 0 bridgehead atoms. The standard InChI is InChI=1S/C6H10O3/c7-6(8)5-2-1-3-9-4-5/h5H,1-4H2,(H,7,8)/t5-/m1/s1. The number of hydrogen-bond acceptors (Lipinski definition) is 2. The van der Waals surface area contributed by atoms with E-state index < -0.39 is 5.97 Å². The lowest BCUT2D eigenvalue weighted by Crippen LogP contribution is -2.24. The molecule has 1 aliphatic heterocycles. The zero-order valence-electron chi connectivity index (χ0n) is 5.17. The molecule has 9 heavy (non-hydrogen) atoms. The van der Waals surface area contributed by atoms with Crippen LogP contribution in [-0.2, 0) is 9.53 Å². The van der Waals surface area contributed by atoms with Gasteiger partial charge in [0.15, 0.2) is 0 Å². The Bertz CT molecular complexity index is 105. The minimum absolute atomic E-state index is 0.251. The average molecular weight is 130 g/mol. The lowest BCUT2D eigenvalue weighted by atomic mass is 10.0. The van der Waals surface area contributed by atoms with Crippen molar-refractivity contribution in [1.82, 2.24) is 0 Å². The van der Waals surface area contributed by atoms with Gasteiger partial charge in [-0.1, -0.05) is 0 Å². The first-order valence-electron chi connectivity index (χ1n) is 3.11. The second-order valence-electron chi connectivity index (χ2n) is 2.25. The predicted octanol–water partition coefficient (Wildman–Crippen LogP) is 0.498. The largest absolute Gasteiger partial charge is 0.481 e. The van der Waals surface area contributed by atoms with Gasteiger partial charge in [0.25, 0.3) is 0 Å². The third kappa shape index (κ3) is 1.68. The van der Waals surface area contributed by atoms with E-state index in [1.807, 2.05) is 0 Å². The minimum Gasteiger partial charge on any atom is -0.481 e. The summed E-state index contributed by atoms with van der Waals surface area (Å²) in [7, 11) is 0. The van der Waals surface area contributed by atoms with Crippen molar-refractivity contribution in [1.29, 1.82) is 0 Å². The molecule has 0 aromatic carbocycles. The van der Waals surface area contributed by atoms with Gasteiger partial charge in [0.1, 0.15) is 0 Å². The van der Waals surface area contributed by atoms with E-state index in [1.54, 1.807) is 0 Å². The molecule has 1 heterocycles. The Labute approximate surface area is 53.6 Å². The van der Waals surface area contributed by atoms with Crippen LogP contribution in [0.15, 0.2) is 0 Å². The smallest absolute Gasteiger partial charge is 0.308 e. The molecular formula is C6H10O3. The zero-order chi connectivity index (χ0) is 6.69. The summed E-state index contributed by atoms with van der Waals surface area (Å²) in [4.78, 5) is 10.3. The molecule has 1 rings (SSSR count). The summed E-state index contributed by atoms with van der Waals surface area (Å²) in [6, 6.07) is 0.